The highest BCUT2D eigenvalue weighted by Gasteiger charge is 2.51. The second-order valence-electron chi connectivity index (χ2n) is 8.52. The van der Waals surface area contributed by atoms with E-state index in [1.54, 1.807) is 48.5 Å². The molecular weight excluding hydrogens is 530 g/mol. The number of nitrogens with zero attached hydrogens (tertiary/aromatic N) is 1. The maximum Gasteiger partial charge on any atom is 0.330 e. The Balaban J connectivity index is 1.40. The topological polar surface area (TPSA) is 122 Å². The van der Waals surface area contributed by atoms with Crippen LogP contribution in [0.4, 0.5) is 0 Å². The molecule has 1 saturated heterocycles. The van der Waals surface area contributed by atoms with Crippen LogP contribution >= 0.6 is 15.9 Å². The summed E-state index contributed by atoms with van der Waals surface area (Å²) in [6.07, 6.45) is 4.69. The van der Waals surface area contributed by atoms with Crippen LogP contribution in [0, 0.1) is 11.8 Å². The second-order valence-corrected chi connectivity index (χ2v) is 9.44. The monoisotopic (exact) mass is 553 g/mol. The maximum atomic E-state index is 13.1. The normalized spacial score (nSPS) is 19.4. The Morgan fingerprint density at radius 3 is 2.14 bits per heavy atom. The van der Waals surface area contributed by atoms with Crippen LogP contribution in [-0.4, -0.2) is 47.1 Å². The zero-order valence-electron chi connectivity index (χ0n) is 19.2. The molecule has 2 aromatic rings. The molecule has 0 aromatic heterocycles. The van der Waals surface area contributed by atoms with Gasteiger partial charge in [-0.2, -0.15) is 0 Å². The summed E-state index contributed by atoms with van der Waals surface area (Å²) in [7, 11) is 0. The number of halogens is 1. The number of benzene rings is 2. The van der Waals surface area contributed by atoms with Crippen molar-refractivity contribution in [2.45, 2.75) is 25.3 Å². The molecule has 10 heteroatoms. The van der Waals surface area contributed by atoms with Crippen LogP contribution in [0.2, 0.25) is 0 Å². The minimum absolute atomic E-state index is 0.0615. The summed E-state index contributed by atoms with van der Waals surface area (Å²) in [6.45, 7) is -0.699. The van der Waals surface area contributed by atoms with Crippen LogP contribution < -0.4 is 10.9 Å². The molecule has 1 aliphatic heterocycles. The van der Waals surface area contributed by atoms with Gasteiger partial charge in [0.1, 0.15) is 6.04 Å². The number of allylic oxidation sites excluding steroid dienone is 2. The number of ether oxygens (including phenoxy) is 1. The molecule has 36 heavy (non-hydrogen) atoms. The number of hydrogen-bond acceptors (Lipinski definition) is 6. The summed E-state index contributed by atoms with van der Waals surface area (Å²) in [6, 6.07) is 14.2. The Morgan fingerprint density at radius 1 is 0.917 bits per heavy atom. The molecule has 1 aliphatic carbocycles. The van der Waals surface area contributed by atoms with Gasteiger partial charge < -0.3 is 4.74 Å². The van der Waals surface area contributed by atoms with E-state index in [-0.39, 0.29) is 6.42 Å². The standard InChI is InChI=1S/C26H24BrN3O6/c27-18-12-10-17(11-13-18)23(32)29-28-22(31)15-36-26(35)21(14-16-6-2-1-3-7-16)30-24(33)19-8-4-5-9-20(19)25(30)34/h1-7,10-13,19-21H,8-9,14-15H2,(H,28,31)(H,29,32)/t19-,20+,21-/m1/s1. The van der Waals surface area contributed by atoms with Crippen molar-refractivity contribution in [2.75, 3.05) is 6.61 Å². The quantitative estimate of drug-likeness (QED) is 0.235. The smallest absolute Gasteiger partial charge is 0.330 e. The third kappa shape index (κ3) is 5.71. The second kappa shape index (κ2) is 11.3. The molecule has 0 spiro atoms. The first-order chi connectivity index (χ1) is 17.3. The fourth-order valence-corrected chi connectivity index (χ4v) is 4.58. The number of carbonyl (C=O) groups excluding carboxylic acids is 5. The molecular formula is C26H24BrN3O6. The lowest BCUT2D eigenvalue weighted by atomic mass is 9.85. The van der Waals surface area contributed by atoms with E-state index < -0.39 is 54.1 Å². The average Bonchev–Trinajstić information content (AvgIpc) is 3.15. The summed E-state index contributed by atoms with van der Waals surface area (Å²) in [5.41, 5.74) is 5.48. The molecule has 2 aliphatic rings. The van der Waals surface area contributed by atoms with Gasteiger partial charge in [0.25, 0.3) is 11.8 Å². The third-order valence-electron chi connectivity index (χ3n) is 6.16. The van der Waals surface area contributed by atoms with Crippen molar-refractivity contribution in [1.82, 2.24) is 15.8 Å². The Labute approximate surface area is 216 Å². The zero-order chi connectivity index (χ0) is 25.7. The third-order valence-corrected chi connectivity index (χ3v) is 6.69. The van der Waals surface area contributed by atoms with Gasteiger partial charge in [-0.1, -0.05) is 58.4 Å². The largest absolute Gasteiger partial charge is 0.454 e. The van der Waals surface area contributed by atoms with E-state index in [2.05, 4.69) is 26.8 Å². The predicted octanol–water partition coefficient (Wildman–Crippen LogP) is 2.32. The van der Waals surface area contributed by atoms with Crippen molar-refractivity contribution in [3.8, 4) is 0 Å². The van der Waals surface area contributed by atoms with Gasteiger partial charge >= 0.3 is 5.97 Å². The fourth-order valence-electron chi connectivity index (χ4n) is 4.32. The van der Waals surface area contributed by atoms with E-state index in [0.29, 0.717) is 18.4 Å². The Bertz CT molecular complexity index is 1170. The van der Waals surface area contributed by atoms with Crippen molar-refractivity contribution in [2.24, 2.45) is 11.8 Å². The van der Waals surface area contributed by atoms with E-state index in [1.807, 2.05) is 18.2 Å². The molecule has 2 aromatic carbocycles. The van der Waals surface area contributed by atoms with Crippen LogP contribution in [0.1, 0.15) is 28.8 Å². The number of esters is 1. The van der Waals surface area contributed by atoms with Gasteiger partial charge in [0, 0.05) is 16.5 Å². The molecule has 0 saturated carbocycles. The summed E-state index contributed by atoms with van der Waals surface area (Å²) in [5.74, 6) is -3.99. The number of hydrogen-bond donors (Lipinski definition) is 2. The highest BCUT2D eigenvalue weighted by molar-refractivity contribution is 9.10. The molecule has 2 N–H and O–H groups in total. The van der Waals surface area contributed by atoms with Crippen LogP contribution in [0.5, 0.6) is 0 Å². The summed E-state index contributed by atoms with van der Waals surface area (Å²) >= 11 is 3.27. The number of fused-ring (bicyclic) bond motifs is 1. The lowest BCUT2D eigenvalue weighted by molar-refractivity contribution is -0.160. The molecule has 186 valence electrons. The number of amides is 4. The number of rotatable bonds is 7. The minimum atomic E-state index is -1.21. The summed E-state index contributed by atoms with van der Waals surface area (Å²) in [5, 5.41) is 0. The van der Waals surface area contributed by atoms with Crippen molar-refractivity contribution >= 4 is 45.5 Å². The molecule has 0 radical (unpaired) electrons. The van der Waals surface area contributed by atoms with E-state index in [4.69, 9.17) is 4.74 Å². The van der Waals surface area contributed by atoms with Crippen molar-refractivity contribution in [3.63, 3.8) is 0 Å². The van der Waals surface area contributed by atoms with E-state index >= 15 is 0 Å². The molecule has 9 nitrogen and oxygen atoms in total. The van der Waals surface area contributed by atoms with Gasteiger partial charge in [0.2, 0.25) is 11.8 Å². The Hall–Kier alpha value is -3.79. The SMILES string of the molecule is O=C(COC(=O)[C@@H](Cc1ccccc1)N1C(=O)[C@H]2CC=CC[C@H]2C1=O)NNC(=O)c1ccc(Br)cc1. The van der Waals surface area contributed by atoms with Gasteiger partial charge in [-0.15, -0.1) is 0 Å². The van der Waals surface area contributed by atoms with Crippen LogP contribution in [-0.2, 0) is 30.3 Å². The first kappa shape index (κ1) is 25.3. The molecule has 0 unspecified atom stereocenters. The van der Waals surface area contributed by atoms with Gasteiger partial charge in [-0.3, -0.25) is 34.9 Å². The minimum Gasteiger partial charge on any atom is -0.454 e. The van der Waals surface area contributed by atoms with Crippen LogP contribution in [0.25, 0.3) is 0 Å². The summed E-state index contributed by atoms with van der Waals surface area (Å²) in [4.78, 5) is 64.6. The lowest BCUT2D eigenvalue weighted by Gasteiger charge is -2.25. The number of nitrogens with one attached hydrogen (secondary N) is 2. The van der Waals surface area contributed by atoms with E-state index in [0.717, 1.165) is 14.9 Å². The van der Waals surface area contributed by atoms with Crippen LogP contribution in [0.15, 0.2) is 71.2 Å². The average molecular weight is 554 g/mol. The zero-order valence-corrected chi connectivity index (χ0v) is 20.8. The van der Waals surface area contributed by atoms with E-state index in [1.165, 1.54) is 0 Å². The fraction of sp³-hybridized carbons (Fsp3) is 0.269. The maximum absolute atomic E-state index is 13.1. The van der Waals surface area contributed by atoms with E-state index in [9.17, 15) is 24.0 Å². The van der Waals surface area contributed by atoms with Gasteiger partial charge in [0.05, 0.1) is 11.8 Å². The molecule has 3 atom stereocenters. The number of carbonyl (C=O) groups is 5. The van der Waals surface area contributed by atoms with Gasteiger partial charge in [0.15, 0.2) is 6.61 Å². The van der Waals surface area contributed by atoms with Crippen molar-refractivity contribution in [1.29, 1.82) is 0 Å². The highest BCUT2D eigenvalue weighted by Crippen LogP contribution is 2.36. The molecule has 0 bridgehead atoms. The summed E-state index contributed by atoms with van der Waals surface area (Å²) < 4.78 is 5.98. The molecule has 1 fully saturated rings. The number of hydrazine groups is 1. The van der Waals surface area contributed by atoms with Crippen molar-refractivity contribution < 1.29 is 28.7 Å². The molecule has 4 amide bonds. The first-order valence-electron chi connectivity index (χ1n) is 11.4. The molecule has 1 heterocycles. The van der Waals surface area contributed by atoms with Crippen LogP contribution in [0.3, 0.4) is 0 Å². The first-order valence-corrected chi connectivity index (χ1v) is 12.2. The Kier molecular flexibility index (Phi) is 7.94. The Morgan fingerprint density at radius 2 is 1.53 bits per heavy atom. The lowest BCUT2D eigenvalue weighted by Crippen LogP contribution is -2.49. The van der Waals surface area contributed by atoms with Crippen molar-refractivity contribution in [3.05, 3.63) is 82.3 Å². The van der Waals surface area contributed by atoms with Gasteiger partial charge in [-0.05, 0) is 42.7 Å². The molecule has 4 rings (SSSR count). The number of likely N-dealkylation sites (tertiary alicyclic amines) is 1. The number of imide groups is 1. The van der Waals surface area contributed by atoms with Gasteiger partial charge in [-0.25, -0.2) is 4.79 Å². The predicted molar refractivity (Wildman–Crippen MR) is 132 cm³/mol. The highest BCUT2D eigenvalue weighted by atomic mass is 79.9.